The Kier molecular flexibility index (Phi) is 8.63. The number of amides is 2. The van der Waals surface area contributed by atoms with Crippen LogP contribution in [0.4, 0.5) is 4.79 Å². The molecular formula is C9H19N3O16P4. The predicted molar refractivity (Wildman–Crippen MR) is 97.5 cm³/mol. The van der Waals surface area contributed by atoms with E-state index in [-0.39, 0.29) is 6.42 Å². The Morgan fingerprint density at radius 1 is 1.09 bits per heavy atom. The number of carbonyl (C=O) groups is 1. The Bertz CT molecular complexity index is 936. The van der Waals surface area contributed by atoms with Crippen molar-refractivity contribution in [3.05, 3.63) is 12.3 Å². The quantitative estimate of drug-likeness (QED) is 0.148. The molecular weight excluding hydrogens is 530 g/mol. The standard InChI is InChI=1S/C9H19N3O16P4/c10-6-1-2-12(9(14)11-6)8-5(13)3-7(25-8)24-4-29(15,16)26-31(20,21)28-32(22,23)27-30(17,18)19/h1-2,5-8,13H,3-4,10H2,(H,11,14)(H,15,16)(H,20,21)(H,22,23)(H2,17,18,19)/t5-,6?,7-,8+/m0/s1. The van der Waals surface area contributed by atoms with E-state index in [2.05, 4.69) is 18.2 Å². The molecule has 1 saturated heterocycles. The SMILES string of the molecule is NC1C=CN([C@@H]2O[C@H](OCP(=O)(O)OP(=O)(O)OP(=O)(O)OP(=O)(O)O)C[C@@H]2O)C(=O)N1. The highest BCUT2D eigenvalue weighted by Gasteiger charge is 2.46. The van der Waals surface area contributed by atoms with Gasteiger partial charge >= 0.3 is 37.1 Å². The van der Waals surface area contributed by atoms with Crippen LogP contribution in [0.5, 0.6) is 0 Å². The first-order chi connectivity index (χ1) is 14.4. The summed E-state index contributed by atoms with van der Waals surface area (Å²) in [5.74, 6) is 0. The number of aliphatic hydroxyl groups excluding tert-OH is 1. The van der Waals surface area contributed by atoms with Crippen molar-refractivity contribution < 1.29 is 75.0 Å². The van der Waals surface area contributed by atoms with Crippen molar-refractivity contribution >= 4 is 37.1 Å². The third kappa shape index (κ3) is 8.66. The van der Waals surface area contributed by atoms with Crippen LogP contribution in [0.15, 0.2) is 12.3 Å². The second-order valence-corrected chi connectivity index (χ2v) is 12.4. The van der Waals surface area contributed by atoms with Gasteiger partial charge in [-0.25, -0.2) is 22.8 Å². The molecule has 0 bridgehead atoms. The summed E-state index contributed by atoms with van der Waals surface area (Å²) < 4.78 is 66.0. The van der Waals surface area contributed by atoms with Crippen molar-refractivity contribution in [2.24, 2.45) is 5.73 Å². The van der Waals surface area contributed by atoms with Gasteiger partial charge in [0.15, 0.2) is 18.9 Å². The maximum absolute atomic E-state index is 11.9. The number of nitrogens with one attached hydrogen (secondary N) is 1. The zero-order chi connectivity index (χ0) is 24.5. The van der Waals surface area contributed by atoms with E-state index in [1.54, 1.807) is 0 Å². The number of carbonyl (C=O) groups excluding carboxylic acids is 1. The molecule has 2 rings (SSSR count). The van der Waals surface area contributed by atoms with Crippen LogP contribution in [0.2, 0.25) is 0 Å². The van der Waals surface area contributed by atoms with Crippen LogP contribution in [0.25, 0.3) is 0 Å². The Labute approximate surface area is 178 Å². The van der Waals surface area contributed by atoms with Crippen molar-refractivity contribution in [2.75, 3.05) is 6.35 Å². The highest BCUT2D eigenvalue weighted by atomic mass is 31.3. The Morgan fingerprint density at radius 3 is 2.25 bits per heavy atom. The fourth-order valence-electron chi connectivity index (χ4n) is 2.35. The van der Waals surface area contributed by atoms with Gasteiger partial charge in [-0.15, -0.1) is 0 Å². The lowest BCUT2D eigenvalue weighted by Crippen LogP contribution is -2.54. The monoisotopic (exact) mass is 549 g/mol. The molecule has 186 valence electrons. The van der Waals surface area contributed by atoms with Gasteiger partial charge in [-0.1, -0.05) is 0 Å². The summed E-state index contributed by atoms with van der Waals surface area (Å²) in [5, 5.41) is 12.4. The lowest BCUT2D eigenvalue weighted by Gasteiger charge is -2.31. The summed E-state index contributed by atoms with van der Waals surface area (Å²) in [5.41, 5.74) is 5.48. The van der Waals surface area contributed by atoms with E-state index in [1.807, 2.05) is 0 Å². The molecule has 4 unspecified atom stereocenters. The smallest absolute Gasteiger partial charge is 0.388 e. The summed E-state index contributed by atoms with van der Waals surface area (Å²) >= 11 is 0. The van der Waals surface area contributed by atoms with Crippen molar-refractivity contribution in [2.45, 2.75) is 31.2 Å². The van der Waals surface area contributed by atoms with Crippen LogP contribution in [0.1, 0.15) is 6.42 Å². The van der Waals surface area contributed by atoms with E-state index in [1.165, 1.54) is 12.3 Å². The number of rotatable bonds is 10. The Balaban J connectivity index is 1.93. The molecule has 7 atom stereocenters. The molecule has 0 aromatic rings. The molecule has 23 heteroatoms. The molecule has 32 heavy (non-hydrogen) atoms. The number of urea groups is 1. The molecule has 0 spiro atoms. The maximum atomic E-state index is 11.9. The number of phosphoric acid groups is 3. The second-order valence-electron chi connectivity index (χ2n) is 6.09. The molecule has 9 N–H and O–H groups in total. The topological polar surface area (TPSA) is 294 Å². The highest BCUT2D eigenvalue weighted by molar-refractivity contribution is 7.70. The molecule has 0 aliphatic carbocycles. The van der Waals surface area contributed by atoms with Crippen molar-refractivity contribution in [1.82, 2.24) is 10.2 Å². The van der Waals surface area contributed by atoms with Crippen molar-refractivity contribution in [3.63, 3.8) is 0 Å². The van der Waals surface area contributed by atoms with E-state index in [9.17, 15) is 37.9 Å². The number of hydrogen-bond donors (Lipinski definition) is 8. The van der Waals surface area contributed by atoms with Crippen molar-refractivity contribution in [1.29, 1.82) is 0 Å². The van der Waals surface area contributed by atoms with Crippen LogP contribution in [0, 0.1) is 0 Å². The van der Waals surface area contributed by atoms with E-state index in [4.69, 9.17) is 29.9 Å². The minimum absolute atomic E-state index is 0.316. The van der Waals surface area contributed by atoms with Gasteiger partial charge in [0, 0.05) is 12.6 Å². The Morgan fingerprint density at radius 2 is 1.69 bits per heavy atom. The van der Waals surface area contributed by atoms with Gasteiger partial charge in [-0.05, 0) is 6.08 Å². The third-order valence-electron chi connectivity index (χ3n) is 3.38. The minimum Gasteiger partial charge on any atom is -0.388 e. The lowest BCUT2D eigenvalue weighted by atomic mass is 10.2. The van der Waals surface area contributed by atoms with E-state index < -0.39 is 68.2 Å². The molecule has 2 amide bonds. The van der Waals surface area contributed by atoms with Gasteiger partial charge < -0.3 is 50.1 Å². The lowest BCUT2D eigenvalue weighted by molar-refractivity contribution is -0.150. The average molecular weight is 549 g/mol. The second kappa shape index (κ2) is 9.98. The Hall–Kier alpha value is -0.550. The van der Waals surface area contributed by atoms with Gasteiger partial charge in [-0.2, -0.15) is 8.62 Å². The number of nitrogens with two attached hydrogens (primary N) is 1. The molecule has 19 nitrogen and oxygen atoms in total. The van der Waals surface area contributed by atoms with Gasteiger partial charge in [0.05, 0.1) is 6.17 Å². The number of nitrogens with zero attached hydrogens (tertiary/aromatic N) is 1. The molecule has 1 fully saturated rings. The summed E-state index contributed by atoms with van der Waals surface area (Å²) in [4.78, 5) is 57.6. The number of hydrogen-bond acceptors (Lipinski definition) is 12. The van der Waals surface area contributed by atoms with Gasteiger partial charge in [-0.3, -0.25) is 9.46 Å². The first-order valence-electron chi connectivity index (χ1n) is 8.03. The molecule has 2 aliphatic rings. The third-order valence-corrected chi connectivity index (χ3v) is 9.03. The first kappa shape index (κ1) is 27.7. The summed E-state index contributed by atoms with van der Waals surface area (Å²) in [6.45, 7) is 0. The maximum Gasteiger partial charge on any atom is 0.490 e. The van der Waals surface area contributed by atoms with Crippen LogP contribution < -0.4 is 11.1 Å². The van der Waals surface area contributed by atoms with Crippen LogP contribution in [-0.2, 0) is 40.7 Å². The average Bonchev–Trinajstić information content (AvgIpc) is 2.89. The molecule has 0 saturated carbocycles. The molecule has 2 aliphatic heterocycles. The fourth-order valence-corrected chi connectivity index (χ4v) is 7.08. The molecule has 0 radical (unpaired) electrons. The largest absolute Gasteiger partial charge is 0.490 e. The first-order valence-corrected chi connectivity index (χ1v) is 14.3. The van der Waals surface area contributed by atoms with Gasteiger partial charge in [0.25, 0.3) is 0 Å². The molecule has 0 aromatic carbocycles. The number of ether oxygens (including phenoxy) is 2. The van der Waals surface area contributed by atoms with Gasteiger partial charge in [0.2, 0.25) is 0 Å². The van der Waals surface area contributed by atoms with E-state index in [0.717, 1.165) is 4.90 Å². The van der Waals surface area contributed by atoms with E-state index in [0.29, 0.717) is 0 Å². The summed E-state index contributed by atoms with van der Waals surface area (Å²) in [6.07, 6.45) is -3.85. The zero-order valence-electron chi connectivity index (χ0n) is 15.5. The summed E-state index contributed by atoms with van der Waals surface area (Å²) in [6, 6.07) is -0.717. The van der Waals surface area contributed by atoms with E-state index >= 15 is 0 Å². The van der Waals surface area contributed by atoms with Gasteiger partial charge in [0.1, 0.15) is 6.10 Å². The summed E-state index contributed by atoms with van der Waals surface area (Å²) in [7, 11) is -22.7. The van der Waals surface area contributed by atoms with Crippen LogP contribution >= 0.6 is 31.1 Å². The van der Waals surface area contributed by atoms with Crippen LogP contribution in [0.3, 0.4) is 0 Å². The fraction of sp³-hybridized carbons (Fsp3) is 0.667. The normalized spacial score (nSPS) is 32.1. The molecule has 0 aromatic heterocycles. The highest BCUT2D eigenvalue weighted by Crippen LogP contribution is 2.70. The number of aliphatic hydroxyl groups is 1. The van der Waals surface area contributed by atoms with Crippen molar-refractivity contribution in [3.8, 4) is 0 Å². The van der Waals surface area contributed by atoms with Crippen LogP contribution in [-0.4, -0.2) is 71.6 Å². The predicted octanol–water partition coefficient (Wildman–Crippen LogP) is -1.25. The zero-order valence-corrected chi connectivity index (χ0v) is 19.0. The molecule has 2 heterocycles. The minimum atomic E-state index is -5.89.